The number of hydrogen-bond acceptors (Lipinski definition) is 7. The first kappa shape index (κ1) is 23.0. The Bertz CT molecular complexity index is 800. The van der Waals surface area contributed by atoms with Gasteiger partial charge in [0.2, 0.25) is 0 Å². The molecule has 0 amide bonds. The lowest BCUT2D eigenvalue weighted by Gasteiger charge is -2.17. The summed E-state index contributed by atoms with van der Waals surface area (Å²) in [5.41, 5.74) is 0.0350. The van der Waals surface area contributed by atoms with Gasteiger partial charge in [0.25, 0.3) is 0 Å². The van der Waals surface area contributed by atoms with E-state index in [1.807, 2.05) is 0 Å². The lowest BCUT2D eigenvalue weighted by Crippen LogP contribution is -2.35. The van der Waals surface area contributed by atoms with E-state index in [-0.39, 0.29) is 11.9 Å². The van der Waals surface area contributed by atoms with E-state index in [9.17, 15) is 19.4 Å². The maximum absolute atomic E-state index is 14.7. The average molecular weight is 425 g/mol. The number of hydrogen-bond donors (Lipinski definition) is 3. The molecular weight excluding hydrogens is 391 g/mol. The van der Waals surface area contributed by atoms with Crippen molar-refractivity contribution < 1.29 is 19.3 Å². The van der Waals surface area contributed by atoms with Crippen LogP contribution >= 0.6 is 0 Å². The molecular formula is C21H33FN4O4. The van der Waals surface area contributed by atoms with E-state index in [1.165, 1.54) is 32.1 Å². The molecule has 2 saturated heterocycles. The summed E-state index contributed by atoms with van der Waals surface area (Å²) in [7, 11) is 0. The summed E-state index contributed by atoms with van der Waals surface area (Å²) in [5.74, 6) is -1.01. The second kappa shape index (κ2) is 10.6. The summed E-state index contributed by atoms with van der Waals surface area (Å²) < 4.78 is 20.9. The number of rotatable bonds is 9. The topological polar surface area (TPSA) is 109 Å². The molecule has 3 rings (SSSR count). The molecule has 3 heterocycles. The normalized spacial score (nSPS) is 30.4. The van der Waals surface area contributed by atoms with Crippen molar-refractivity contribution in [2.45, 2.75) is 95.8 Å². The highest BCUT2D eigenvalue weighted by Crippen LogP contribution is 2.28. The molecule has 0 radical (unpaired) electrons. The number of aliphatic hydroxyl groups is 2. The van der Waals surface area contributed by atoms with Crippen molar-refractivity contribution in [2.24, 2.45) is 4.99 Å². The van der Waals surface area contributed by atoms with E-state index >= 15 is 0 Å². The van der Waals surface area contributed by atoms with Gasteiger partial charge in [-0.1, -0.05) is 45.4 Å². The molecule has 8 nitrogen and oxygen atoms in total. The standard InChI is InChI=1S/C21H33FN4O4/c1-3-4-5-6-7-8-9-15-16(10-11-23-15)24-19-14(22)12-26(21(29)25-19)20-18(28)17(27)13(2)30-20/h12-13,15,17-18,20,23,27-28H,3-11H2,1-2H3/t13-,15?,17-,18-,20-/m1/s1. The van der Waals surface area contributed by atoms with Crippen LogP contribution in [-0.4, -0.2) is 56.4 Å². The smallest absolute Gasteiger partial charge is 0.352 e. The maximum Gasteiger partial charge on any atom is 0.352 e. The molecule has 2 aliphatic heterocycles. The number of aliphatic hydroxyl groups excluding tert-OH is 2. The number of nitrogens with one attached hydrogen (secondary N) is 1. The highest BCUT2D eigenvalue weighted by molar-refractivity contribution is 5.93. The zero-order chi connectivity index (χ0) is 21.7. The molecule has 2 fully saturated rings. The zero-order valence-electron chi connectivity index (χ0n) is 17.8. The van der Waals surface area contributed by atoms with Crippen molar-refractivity contribution in [3.8, 4) is 0 Å². The minimum atomic E-state index is -1.34. The molecule has 1 aromatic heterocycles. The predicted molar refractivity (Wildman–Crippen MR) is 112 cm³/mol. The van der Waals surface area contributed by atoms with Crippen LogP contribution in [0, 0.1) is 5.82 Å². The van der Waals surface area contributed by atoms with Crippen molar-refractivity contribution in [1.82, 2.24) is 14.9 Å². The Morgan fingerprint density at radius 1 is 1.27 bits per heavy atom. The minimum Gasteiger partial charge on any atom is -0.388 e. The van der Waals surface area contributed by atoms with E-state index in [0.29, 0.717) is 6.42 Å². The Labute approximate surface area is 176 Å². The van der Waals surface area contributed by atoms with Crippen molar-refractivity contribution in [1.29, 1.82) is 0 Å². The fourth-order valence-electron chi connectivity index (χ4n) is 4.09. The molecule has 2 aliphatic rings. The number of aromatic nitrogens is 2. The zero-order valence-corrected chi connectivity index (χ0v) is 17.8. The molecule has 9 heteroatoms. The fourth-order valence-corrected chi connectivity index (χ4v) is 4.09. The van der Waals surface area contributed by atoms with E-state index in [4.69, 9.17) is 4.74 Å². The van der Waals surface area contributed by atoms with Crippen LogP contribution in [-0.2, 0) is 4.74 Å². The van der Waals surface area contributed by atoms with E-state index in [0.717, 1.165) is 35.9 Å². The molecule has 30 heavy (non-hydrogen) atoms. The summed E-state index contributed by atoms with van der Waals surface area (Å²) >= 11 is 0. The molecule has 0 bridgehead atoms. The van der Waals surface area contributed by atoms with Crippen molar-refractivity contribution in [2.75, 3.05) is 6.54 Å². The summed E-state index contributed by atoms with van der Waals surface area (Å²) in [5, 5.41) is 23.3. The van der Waals surface area contributed by atoms with E-state index in [2.05, 4.69) is 22.2 Å². The van der Waals surface area contributed by atoms with Crippen molar-refractivity contribution in [3.05, 3.63) is 22.5 Å². The molecule has 0 aliphatic carbocycles. The van der Waals surface area contributed by atoms with Gasteiger partial charge in [0, 0.05) is 18.3 Å². The third-order valence-electron chi connectivity index (χ3n) is 5.91. The first-order chi connectivity index (χ1) is 14.4. The van der Waals surface area contributed by atoms with Crippen molar-refractivity contribution in [3.63, 3.8) is 0 Å². The molecule has 3 N–H and O–H groups in total. The lowest BCUT2D eigenvalue weighted by molar-refractivity contribution is -0.0355. The largest absolute Gasteiger partial charge is 0.388 e. The lowest BCUT2D eigenvalue weighted by atomic mass is 10.0. The molecule has 0 spiro atoms. The van der Waals surface area contributed by atoms with Gasteiger partial charge in [-0.05, 0) is 19.8 Å². The molecule has 0 saturated carbocycles. The van der Waals surface area contributed by atoms with Gasteiger partial charge in [-0.25, -0.2) is 14.2 Å². The Morgan fingerprint density at radius 2 is 2.00 bits per heavy atom. The molecule has 168 valence electrons. The van der Waals surface area contributed by atoms with Crippen molar-refractivity contribution >= 4 is 11.5 Å². The summed E-state index contributed by atoms with van der Waals surface area (Å²) in [6, 6.07) is 0.0794. The highest BCUT2D eigenvalue weighted by atomic mass is 19.1. The first-order valence-corrected chi connectivity index (χ1v) is 11.0. The third kappa shape index (κ3) is 5.32. The highest BCUT2D eigenvalue weighted by Gasteiger charge is 2.42. The van der Waals surface area contributed by atoms with Crippen LogP contribution < -0.4 is 11.0 Å². The minimum absolute atomic E-state index is 0.0794. The van der Waals surface area contributed by atoms with Crippen LogP contribution in [0.3, 0.4) is 0 Å². The van der Waals surface area contributed by atoms with Gasteiger partial charge in [-0.3, -0.25) is 4.57 Å². The molecule has 1 aromatic rings. The van der Waals surface area contributed by atoms with Gasteiger partial charge in [0.1, 0.15) is 12.2 Å². The first-order valence-electron chi connectivity index (χ1n) is 11.0. The van der Waals surface area contributed by atoms with Crippen LogP contribution in [0.4, 0.5) is 10.2 Å². The number of ether oxygens (including phenoxy) is 1. The maximum atomic E-state index is 14.7. The second-order valence-electron chi connectivity index (χ2n) is 8.23. The Balaban J connectivity index is 1.67. The fraction of sp³-hybridized carbons (Fsp3) is 0.762. The summed E-state index contributed by atoms with van der Waals surface area (Å²) in [6.45, 7) is 4.54. The van der Waals surface area contributed by atoms with Crippen LogP contribution in [0.5, 0.6) is 0 Å². The van der Waals surface area contributed by atoms with E-state index in [1.54, 1.807) is 6.92 Å². The van der Waals surface area contributed by atoms with Gasteiger partial charge < -0.3 is 20.3 Å². The second-order valence-corrected chi connectivity index (χ2v) is 8.23. The van der Waals surface area contributed by atoms with Crippen LogP contribution in [0.15, 0.2) is 16.0 Å². The number of aliphatic imine (C=N–C) groups is 1. The van der Waals surface area contributed by atoms with Gasteiger partial charge in [-0.15, -0.1) is 0 Å². The van der Waals surface area contributed by atoms with Crippen LogP contribution in [0.1, 0.15) is 71.4 Å². The van der Waals surface area contributed by atoms with Crippen LogP contribution in [0.25, 0.3) is 0 Å². The molecule has 0 aromatic carbocycles. The number of nitrogens with zero attached hydrogens (tertiary/aromatic N) is 3. The molecule has 5 atom stereocenters. The third-order valence-corrected chi connectivity index (χ3v) is 5.91. The van der Waals surface area contributed by atoms with Gasteiger partial charge >= 0.3 is 5.69 Å². The van der Waals surface area contributed by atoms with Gasteiger partial charge in [0.15, 0.2) is 17.9 Å². The predicted octanol–water partition coefficient (Wildman–Crippen LogP) is 2.21. The van der Waals surface area contributed by atoms with Crippen LogP contribution in [0.2, 0.25) is 0 Å². The van der Waals surface area contributed by atoms with E-state index < -0.39 is 36.0 Å². The average Bonchev–Trinajstić information content (AvgIpc) is 3.26. The van der Waals surface area contributed by atoms with Gasteiger partial charge in [0.05, 0.1) is 12.3 Å². The quantitative estimate of drug-likeness (QED) is 0.525. The Kier molecular flexibility index (Phi) is 8.10. The van der Waals surface area contributed by atoms with Gasteiger partial charge in [-0.2, -0.15) is 4.98 Å². The monoisotopic (exact) mass is 424 g/mol. The molecule has 1 unspecified atom stereocenters. The Morgan fingerprint density at radius 3 is 2.70 bits per heavy atom. The SMILES string of the molecule is CCCCCCCCC1NCCC1=Nc1nc(=O)n([C@@H]2O[C@H](C)[C@@H](O)[C@H]2O)cc1F. The number of unbranched alkanes of at least 4 members (excludes halogenated alkanes) is 5. The Hall–Kier alpha value is -1.68. The summed E-state index contributed by atoms with van der Waals surface area (Å²) in [4.78, 5) is 20.5. The summed E-state index contributed by atoms with van der Waals surface area (Å²) in [6.07, 6.45) is 5.45. The number of halogens is 1.